The molecule has 7 heteroatoms. The molecule has 0 fully saturated rings. The number of rotatable bonds is 3. The molecule has 0 aromatic carbocycles. The molecule has 2 N–H and O–H groups in total. The summed E-state index contributed by atoms with van der Waals surface area (Å²) in [6, 6.07) is 3.85. The summed E-state index contributed by atoms with van der Waals surface area (Å²) in [6.07, 6.45) is 0.786. The predicted octanol–water partition coefficient (Wildman–Crippen LogP) is 2.25. The van der Waals surface area contributed by atoms with Crippen molar-refractivity contribution in [3.05, 3.63) is 48.3 Å². The van der Waals surface area contributed by atoms with Crippen molar-refractivity contribution < 1.29 is 4.79 Å². The van der Waals surface area contributed by atoms with Crippen LogP contribution in [0.25, 0.3) is 0 Å². The Morgan fingerprint density at radius 1 is 1.43 bits per heavy atom. The molecule has 0 radical (unpaired) electrons. The van der Waals surface area contributed by atoms with Gasteiger partial charge >= 0.3 is 0 Å². The Bertz CT molecular complexity index is 803. The molecular weight excluding hydrogens is 306 g/mol. The summed E-state index contributed by atoms with van der Waals surface area (Å²) >= 11 is 6.51. The van der Waals surface area contributed by atoms with E-state index < -0.39 is 0 Å². The molecule has 3 rings (SSSR count). The second kappa shape index (κ2) is 5.67. The summed E-state index contributed by atoms with van der Waals surface area (Å²) in [5.41, 5.74) is 1.60. The lowest BCUT2D eigenvalue weighted by Crippen LogP contribution is -2.35. The van der Waals surface area contributed by atoms with Crippen LogP contribution in [0.15, 0.2) is 16.9 Å². The van der Waals surface area contributed by atoms with Crippen LogP contribution in [0, 0.1) is 4.77 Å². The standard InChI is InChI=1S/C14H15N3O2S2/c1-8(18)12-3-2-9(21-12)6-17-5-4-11-10(7-17)13(19)16-14(20)15-11/h2-3H,4-7H2,1H3,(H2,15,16,19,20). The van der Waals surface area contributed by atoms with Crippen molar-refractivity contribution in [2.75, 3.05) is 6.54 Å². The van der Waals surface area contributed by atoms with Gasteiger partial charge in [-0.1, -0.05) is 0 Å². The summed E-state index contributed by atoms with van der Waals surface area (Å²) in [5, 5.41) is 0. The van der Waals surface area contributed by atoms with E-state index in [0.29, 0.717) is 11.3 Å². The van der Waals surface area contributed by atoms with Gasteiger partial charge in [0.25, 0.3) is 5.56 Å². The number of aromatic nitrogens is 2. The quantitative estimate of drug-likeness (QED) is 0.672. The molecule has 21 heavy (non-hydrogen) atoms. The van der Waals surface area contributed by atoms with E-state index in [2.05, 4.69) is 14.9 Å². The molecular formula is C14H15N3O2S2. The molecule has 0 bridgehead atoms. The lowest BCUT2D eigenvalue weighted by atomic mass is 10.1. The Morgan fingerprint density at radius 2 is 2.24 bits per heavy atom. The first-order valence-corrected chi connectivity index (χ1v) is 7.92. The third-order valence-corrected chi connectivity index (χ3v) is 4.95. The molecule has 1 aliphatic rings. The Balaban J connectivity index is 1.78. The number of ketones is 1. The maximum atomic E-state index is 12.0. The lowest BCUT2D eigenvalue weighted by Gasteiger charge is -2.27. The molecule has 0 saturated heterocycles. The van der Waals surface area contributed by atoms with E-state index >= 15 is 0 Å². The minimum atomic E-state index is -0.103. The van der Waals surface area contributed by atoms with Crippen LogP contribution in [-0.2, 0) is 19.5 Å². The zero-order chi connectivity index (χ0) is 15.0. The molecule has 2 aromatic rings. The summed E-state index contributed by atoms with van der Waals surface area (Å²) in [5.74, 6) is 0.0965. The molecule has 0 spiro atoms. The fourth-order valence-corrected chi connectivity index (χ4v) is 3.68. The van der Waals surface area contributed by atoms with Crippen LogP contribution in [0.5, 0.6) is 0 Å². The molecule has 110 valence electrons. The monoisotopic (exact) mass is 321 g/mol. The highest BCUT2D eigenvalue weighted by atomic mass is 32.1. The Hall–Kier alpha value is -1.57. The number of hydrogen-bond acceptors (Lipinski definition) is 5. The van der Waals surface area contributed by atoms with Gasteiger partial charge in [-0.25, -0.2) is 0 Å². The van der Waals surface area contributed by atoms with E-state index in [1.165, 1.54) is 11.3 Å². The lowest BCUT2D eigenvalue weighted by molar-refractivity contribution is 0.102. The molecule has 0 aliphatic carbocycles. The summed E-state index contributed by atoms with van der Waals surface area (Å²) in [4.78, 5) is 33.1. The Kier molecular flexibility index (Phi) is 3.88. The fraction of sp³-hybridized carbons (Fsp3) is 0.357. The van der Waals surface area contributed by atoms with E-state index in [-0.39, 0.29) is 11.3 Å². The van der Waals surface area contributed by atoms with Gasteiger partial charge in [0.05, 0.1) is 10.4 Å². The van der Waals surface area contributed by atoms with Crippen molar-refractivity contribution in [3.8, 4) is 0 Å². The van der Waals surface area contributed by atoms with Crippen LogP contribution in [-0.4, -0.2) is 27.2 Å². The van der Waals surface area contributed by atoms with E-state index in [1.807, 2.05) is 12.1 Å². The average molecular weight is 321 g/mol. The molecule has 2 aromatic heterocycles. The van der Waals surface area contributed by atoms with Crippen molar-refractivity contribution >= 4 is 29.3 Å². The van der Waals surface area contributed by atoms with Gasteiger partial charge in [0.2, 0.25) is 0 Å². The van der Waals surface area contributed by atoms with Gasteiger partial charge in [0.15, 0.2) is 10.6 Å². The smallest absolute Gasteiger partial charge is 0.256 e. The number of thiophene rings is 1. The van der Waals surface area contributed by atoms with Gasteiger partial charge in [0, 0.05) is 36.6 Å². The highest BCUT2D eigenvalue weighted by Gasteiger charge is 2.20. The van der Waals surface area contributed by atoms with Crippen LogP contribution in [0.3, 0.4) is 0 Å². The van der Waals surface area contributed by atoms with Gasteiger partial charge in [-0.05, 0) is 31.3 Å². The number of aromatic amines is 2. The summed E-state index contributed by atoms with van der Waals surface area (Å²) < 4.78 is 0.386. The number of nitrogens with zero attached hydrogens (tertiary/aromatic N) is 1. The molecule has 3 heterocycles. The average Bonchev–Trinajstić information content (AvgIpc) is 2.88. The zero-order valence-electron chi connectivity index (χ0n) is 11.6. The second-order valence-electron chi connectivity index (χ2n) is 5.15. The summed E-state index contributed by atoms with van der Waals surface area (Å²) in [6.45, 7) is 3.81. The van der Waals surface area contributed by atoms with Crippen LogP contribution >= 0.6 is 23.6 Å². The highest BCUT2D eigenvalue weighted by Crippen LogP contribution is 2.21. The van der Waals surface area contributed by atoms with E-state index in [4.69, 9.17) is 12.2 Å². The number of carbonyl (C=O) groups is 1. The summed E-state index contributed by atoms with van der Waals surface area (Å²) in [7, 11) is 0. The molecule has 0 atom stereocenters. The van der Waals surface area contributed by atoms with Crippen molar-refractivity contribution in [1.82, 2.24) is 14.9 Å². The molecule has 0 saturated carbocycles. The number of fused-ring (bicyclic) bond motifs is 1. The topological polar surface area (TPSA) is 69.0 Å². The number of Topliss-reactive ketones (excluding diaryl/α,β-unsaturated/α-hetero) is 1. The first-order valence-electron chi connectivity index (χ1n) is 6.69. The van der Waals surface area contributed by atoms with Crippen LogP contribution in [0.2, 0.25) is 0 Å². The molecule has 5 nitrogen and oxygen atoms in total. The minimum Gasteiger partial charge on any atom is -0.335 e. The van der Waals surface area contributed by atoms with Crippen LogP contribution in [0.1, 0.15) is 32.7 Å². The normalized spacial score (nSPS) is 14.9. The SMILES string of the molecule is CC(=O)c1ccc(CN2CCc3[nH]c(=S)[nH]c(=O)c3C2)s1. The van der Waals surface area contributed by atoms with Crippen molar-refractivity contribution in [2.24, 2.45) is 0 Å². The molecule has 0 unspecified atom stereocenters. The fourth-order valence-electron chi connectivity index (χ4n) is 2.52. The third-order valence-electron chi connectivity index (χ3n) is 3.58. The number of carbonyl (C=O) groups excluding carboxylic acids is 1. The predicted molar refractivity (Wildman–Crippen MR) is 84.4 cm³/mol. The van der Waals surface area contributed by atoms with E-state index in [1.54, 1.807) is 6.92 Å². The van der Waals surface area contributed by atoms with Crippen LogP contribution < -0.4 is 5.56 Å². The van der Waals surface area contributed by atoms with E-state index in [9.17, 15) is 9.59 Å². The number of hydrogen-bond donors (Lipinski definition) is 2. The molecule has 0 amide bonds. The van der Waals surface area contributed by atoms with Crippen molar-refractivity contribution in [1.29, 1.82) is 0 Å². The van der Waals surface area contributed by atoms with Gasteiger partial charge < -0.3 is 4.98 Å². The van der Waals surface area contributed by atoms with Crippen LogP contribution in [0.4, 0.5) is 0 Å². The maximum absolute atomic E-state index is 12.0. The minimum absolute atomic E-state index is 0.0965. The largest absolute Gasteiger partial charge is 0.335 e. The maximum Gasteiger partial charge on any atom is 0.256 e. The zero-order valence-corrected chi connectivity index (χ0v) is 13.2. The van der Waals surface area contributed by atoms with Gasteiger partial charge in [-0.3, -0.25) is 19.5 Å². The number of H-pyrrole nitrogens is 2. The van der Waals surface area contributed by atoms with Crippen molar-refractivity contribution in [3.63, 3.8) is 0 Å². The van der Waals surface area contributed by atoms with Gasteiger partial charge in [0.1, 0.15) is 0 Å². The van der Waals surface area contributed by atoms with Gasteiger partial charge in [-0.15, -0.1) is 11.3 Å². The third kappa shape index (κ3) is 3.04. The van der Waals surface area contributed by atoms with Gasteiger partial charge in [-0.2, -0.15) is 0 Å². The molecule has 1 aliphatic heterocycles. The van der Waals surface area contributed by atoms with Crippen molar-refractivity contribution in [2.45, 2.75) is 26.4 Å². The Morgan fingerprint density at radius 3 is 2.95 bits per heavy atom. The Labute approximate surface area is 130 Å². The number of nitrogens with one attached hydrogen (secondary N) is 2. The first-order chi connectivity index (χ1) is 10.0. The highest BCUT2D eigenvalue weighted by molar-refractivity contribution is 7.71. The second-order valence-corrected chi connectivity index (χ2v) is 6.72. The van der Waals surface area contributed by atoms with E-state index in [0.717, 1.165) is 40.5 Å². The first kappa shape index (κ1) is 14.4.